The van der Waals surface area contributed by atoms with E-state index >= 15 is 0 Å². The van der Waals surface area contributed by atoms with Crippen LogP contribution in [0.15, 0.2) is 59.5 Å². The van der Waals surface area contributed by atoms with Gasteiger partial charge in [-0.15, -0.1) is 0 Å². The van der Waals surface area contributed by atoms with Crippen molar-refractivity contribution in [1.82, 2.24) is 19.8 Å². The molecule has 168 valence electrons. The van der Waals surface area contributed by atoms with Crippen LogP contribution in [0.3, 0.4) is 0 Å². The van der Waals surface area contributed by atoms with Crippen molar-refractivity contribution in [2.24, 2.45) is 0 Å². The first-order chi connectivity index (χ1) is 15.6. The van der Waals surface area contributed by atoms with Crippen molar-refractivity contribution in [3.8, 4) is 5.75 Å². The second-order valence-electron chi connectivity index (χ2n) is 8.43. The second-order valence-corrected chi connectivity index (χ2v) is 8.43. The van der Waals surface area contributed by atoms with Crippen LogP contribution >= 0.6 is 0 Å². The van der Waals surface area contributed by atoms with Crippen LogP contribution in [-0.4, -0.2) is 46.7 Å². The van der Waals surface area contributed by atoms with E-state index in [4.69, 9.17) is 13.9 Å². The van der Waals surface area contributed by atoms with E-state index in [9.17, 15) is 4.79 Å². The standard InChI is InChI=1S/C24H28N4O4/c1-30-19-5-2-4-18(14-19)15-26-22(29)21-17-28-12-9-25-23(28)24(32-21)7-10-27(11-8-24)16-20-6-3-13-31-20/h2-6,9,12-14,21H,7-8,10-11,15-17H2,1H3,(H,26,29)/t21-/m0/s1. The van der Waals surface area contributed by atoms with Crippen molar-refractivity contribution in [3.63, 3.8) is 0 Å². The zero-order valence-electron chi connectivity index (χ0n) is 18.2. The molecular weight excluding hydrogens is 408 g/mol. The van der Waals surface area contributed by atoms with Crippen molar-refractivity contribution in [3.05, 3.63) is 72.2 Å². The summed E-state index contributed by atoms with van der Waals surface area (Å²) >= 11 is 0. The predicted molar refractivity (Wildman–Crippen MR) is 117 cm³/mol. The number of nitrogens with one attached hydrogen (secondary N) is 1. The lowest BCUT2D eigenvalue weighted by molar-refractivity contribution is -0.174. The summed E-state index contributed by atoms with van der Waals surface area (Å²) in [5.41, 5.74) is 0.442. The van der Waals surface area contributed by atoms with E-state index in [1.807, 2.05) is 42.6 Å². The van der Waals surface area contributed by atoms with Gasteiger partial charge in [0.15, 0.2) is 6.10 Å². The number of fused-ring (bicyclic) bond motifs is 2. The highest BCUT2D eigenvalue weighted by Crippen LogP contribution is 2.40. The molecule has 0 aliphatic carbocycles. The Morgan fingerprint density at radius 3 is 2.94 bits per heavy atom. The number of aromatic nitrogens is 2. The van der Waals surface area contributed by atoms with Gasteiger partial charge in [0.05, 0.1) is 26.5 Å². The van der Waals surface area contributed by atoms with Crippen molar-refractivity contribution in [2.75, 3.05) is 20.2 Å². The zero-order valence-corrected chi connectivity index (χ0v) is 18.2. The van der Waals surface area contributed by atoms with Crippen LogP contribution in [-0.2, 0) is 34.8 Å². The fourth-order valence-electron chi connectivity index (χ4n) is 4.66. The molecule has 8 heteroatoms. The van der Waals surface area contributed by atoms with E-state index in [2.05, 4.69) is 19.8 Å². The third-order valence-electron chi connectivity index (χ3n) is 6.37. The molecule has 2 aliphatic heterocycles. The lowest BCUT2D eigenvalue weighted by Gasteiger charge is -2.45. The maximum absolute atomic E-state index is 13.0. The van der Waals surface area contributed by atoms with E-state index in [1.54, 1.807) is 19.6 Å². The van der Waals surface area contributed by atoms with Crippen molar-refractivity contribution >= 4 is 5.91 Å². The largest absolute Gasteiger partial charge is 0.497 e. The summed E-state index contributed by atoms with van der Waals surface area (Å²) in [6.07, 6.45) is 6.45. The summed E-state index contributed by atoms with van der Waals surface area (Å²) in [6, 6.07) is 11.6. The number of carbonyl (C=O) groups is 1. The molecule has 8 nitrogen and oxygen atoms in total. The molecule has 4 heterocycles. The fourth-order valence-corrected chi connectivity index (χ4v) is 4.66. The Morgan fingerprint density at radius 1 is 1.28 bits per heavy atom. The summed E-state index contributed by atoms with van der Waals surface area (Å²) in [7, 11) is 1.63. The SMILES string of the molecule is COc1cccc(CNC(=O)[C@@H]2Cn3ccnc3C3(CCN(Cc4ccco4)CC3)O2)c1. The highest BCUT2D eigenvalue weighted by atomic mass is 16.5. The van der Waals surface area contributed by atoms with E-state index in [-0.39, 0.29) is 5.91 Å². The monoisotopic (exact) mass is 436 g/mol. The van der Waals surface area contributed by atoms with Crippen LogP contribution < -0.4 is 10.1 Å². The molecule has 1 amide bonds. The number of hydrogen-bond donors (Lipinski definition) is 1. The van der Waals surface area contributed by atoms with Crippen LogP contribution in [0.25, 0.3) is 0 Å². The Balaban J connectivity index is 1.25. The highest BCUT2D eigenvalue weighted by Gasteiger charge is 2.47. The molecule has 0 radical (unpaired) electrons. The Bertz CT molecular complexity index is 1050. The molecule has 3 aromatic rings. The average Bonchev–Trinajstić information content (AvgIpc) is 3.52. The van der Waals surface area contributed by atoms with Crippen molar-refractivity contribution in [2.45, 2.75) is 44.2 Å². The van der Waals surface area contributed by atoms with Gasteiger partial charge in [-0.25, -0.2) is 4.98 Å². The zero-order chi connectivity index (χ0) is 22.0. The van der Waals surface area contributed by atoms with Crippen LogP contribution in [0.2, 0.25) is 0 Å². The van der Waals surface area contributed by atoms with Gasteiger partial charge in [0, 0.05) is 32.0 Å². The number of imidazole rings is 1. The Labute approximate surface area is 187 Å². The smallest absolute Gasteiger partial charge is 0.251 e. The lowest BCUT2D eigenvalue weighted by atomic mass is 9.88. The van der Waals surface area contributed by atoms with Gasteiger partial charge in [-0.05, 0) is 42.7 Å². The summed E-state index contributed by atoms with van der Waals surface area (Å²) in [5, 5.41) is 3.03. The fraction of sp³-hybridized carbons (Fsp3) is 0.417. The summed E-state index contributed by atoms with van der Waals surface area (Å²) in [6.45, 7) is 3.38. The van der Waals surface area contributed by atoms with Crippen LogP contribution in [0.4, 0.5) is 0 Å². The van der Waals surface area contributed by atoms with Crippen molar-refractivity contribution in [1.29, 1.82) is 0 Å². The van der Waals surface area contributed by atoms with Crippen molar-refractivity contribution < 1.29 is 18.7 Å². The normalized spacial score (nSPS) is 20.1. The first kappa shape index (κ1) is 20.8. The molecule has 0 saturated carbocycles. The van der Waals surface area contributed by atoms with Gasteiger partial charge in [-0.1, -0.05) is 12.1 Å². The first-order valence-corrected chi connectivity index (χ1v) is 11.0. The number of likely N-dealkylation sites (tertiary alicyclic amines) is 1. The van der Waals surface area contributed by atoms with Gasteiger partial charge in [0.1, 0.15) is 22.9 Å². The average molecular weight is 437 g/mol. The van der Waals surface area contributed by atoms with Gasteiger partial charge in [0.2, 0.25) is 0 Å². The molecular formula is C24H28N4O4. The number of rotatable bonds is 6. The van der Waals surface area contributed by atoms with Gasteiger partial charge >= 0.3 is 0 Å². The molecule has 1 aromatic carbocycles. The summed E-state index contributed by atoms with van der Waals surface area (Å²) in [4.78, 5) is 20.0. The van der Waals surface area contributed by atoms with E-state index in [0.29, 0.717) is 13.1 Å². The molecule has 0 bridgehead atoms. The molecule has 1 fully saturated rings. The minimum Gasteiger partial charge on any atom is -0.497 e. The maximum Gasteiger partial charge on any atom is 0.251 e. The molecule has 1 atom stereocenters. The van der Waals surface area contributed by atoms with Gasteiger partial charge < -0.3 is 23.8 Å². The van der Waals surface area contributed by atoms with Crippen LogP contribution in [0, 0.1) is 0 Å². The number of piperidine rings is 1. The van der Waals surface area contributed by atoms with Crippen LogP contribution in [0.1, 0.15) is 30.0 Å². The van der Waals surface area contributed by atoms with E-state index < -0.39 is 11.7 Å². The van der Waals surface area contributed by atoms with Gasteiger partial charge in [-0.2, -0.15) is 0 Å². The first-order valence-electron chi connectivity index (χ1n) is 11.0. The third-order valence-corrected chi connectivity index (χ3v) is 6.37. The summed E-state index contributed by atoms with van der Waals surface area (Å²) in [5.74, 6) is 2.55. The highest BCUT2D eigenvalue weighted by molar-refractivity contribution is 5.81. The number of carbonyl (C=O) groups excluding carboxylic acids is 1. The number of furan rings is 1. The third kappa shape index (κ3) is 4.16. The van der Waals surface area contributed by atoms with Crippen LogP contribution in [0.5, 0.6) is 5.75 Å². The molecule has 1 spiro atoms. The maximum atomic E-state index is 13.0. The predicted octanol–water partition coefficient (Wildman–Crippen LogP) is 2.69. The molecule has 5 rings (SSSR count). The molecule has 2 aromatic heterocycles. The van der Waals surface area contributed by atoms with E-state index in [1.165, 1.54) is 0 Å². The number of methoxy groups -OCH3 is 1. The number of benzene rings is 1. The molecule has 1 saturated heterocycles. The minimum atomic E-state index is -0.557. The quantitative estimate of drug-likeness (QED) is 0.640. The number of ether oxygens (including phenoxy) is 2. The Kier molecular flexibility index (Phi) is 5.71. The van der Waals surface area contributed by atoms with Gasteiger partial charge in [-0.3, -0.25) is 9.69 Å². The number of amides is 1. The minimum absolute atomic E-state index is 0.107. The Hall–Kier alpha value is -3.10. The topological polar surface area (TPSA) is 81.8 Å². The summed E-state index contributed by atoms with van der Waals surface area (Å²) < 4.78 is 19.3. The molecule has 2 aliphatic rings. The lowest BCUT2D eigenvalue weighted by Crippen LogP contribution is -2.53. The number of hydrogen-bond acceptors (Lipinski definition) is 6. The molecule has 0 unspecified atom stereocenters. The molecule has 32 heavy (non-hydrogen) atoms. The van der Waals surface area contributed by atoms with Gasteiger partial charge in [0.25, 0.3) is 5.91 Å². The second kappa shape index (κ2) is 8.80. The van der Waals surface area contributed by atoms with E-state index in [0.717, 1.165) is 55.4 Å². The molecule has 1 N–H and O–H groups in total. The number of nitrogens with zero attached hydrogens (tertiary/aromatic N) is 3. The Morgan fingerprint density at radius 2 is 2.16 bits per heavy atom.